The van der Waals surface area contributed by atoms with E-state index in [2.05, 4.69) is 5.32 Å². The molecule has 0 radical (unpaired) electrons. The minimum Gasteiger partial charge on any atom is -0.321 e. The van der Waals surface area contributed by atoms with Gasteiger partial charge in [0.05, 0.1) is 21.2 Å². The Labute approximate surface area is 122 Å². The maximum atomic E-state index is 13.0. The lowest BCUT2D eigenvalue weighted by Gasteiger charge is -2.06. The van der Waals surface area contributed by atoms with Crippen LogP contribution in [0.5, 0.6) is 0 Å². The Hall–Kier alpha value is -1.61. The number of benzene rings is 1. The number of hydrogen-bond donors (Lipinski definition) is 1. The molecule has 1 amide bonds. The first kappa shape index (κ1) is 13.8. The molecule has 1 N–H and O–H groups in total. The number of amides is 1. The van der Waals surface area contributed by atoms with Crippen LogP contribution in [0.2, 0.25) is 8.67 Å². The van der Waals surface area contributed by atoms with Crippen LogP contribution < -0.4 is 5.32 Å². The molecule has 7 heteroatoms. The monoisotopic (exact) mass is 314 g/mol. The summed E-state index contributed by atoms with van der Waals surface area (Å²) in [5.74, 6) is -1.05. The van der Waals surface area contributed by atoms with Gasteiger partial charge in [0.25, 0.3) is 5.91 Å². The summed E-state index contributed by atoms with van der Waals surface area (Å²) in [6, 6.07) is 6.74. The molecule has 1 heterocycles. The van der Waals surface area contributed by atoms with Crippen LogP contribution in [0.3, 0.4) is 0 Å². The Morgan fingerprint density at radius 2 is 2.11 bits per heavy atom. The number of nitrogens with one attached hydrogen (secondary N) is 1. The van der Waals surface area contributed by atoms with Crippen LogP contribution >= 0.6 is 34.5 Å². The highest BCUT2D eigenvalue weighted by atomic mass is 35.5. The molecule has 0 saturated carbocycles. The molecule has 1 aromatic carbocycles. The van der Waals surface area contributed by atoms with Crippen LogP contribution in [0.4, 0.5) is 10.1 Å². The van der Waals surface area contributed by atoms with Crippen molar-refractivity contribution in [2.24, 2.45) is 0 Å². The van der Waals surface area contributed by atoms with E-state index in [-0.39, 0.29) is 21.2 Å². The minimum atomic E-state index is -0.550. The van der Waals surface area contributed by atoms with Crippen molar-refractivity contribution in [2.75, 3.05) is 5.32 Å². The quantitative estimate of drug-likeness (QED) is 0.897. The van der Waals surface area contributed by atoms with E-state index in [1.807, 2.05) is 0 Å². The summed E-state index contributed by atoms with van der Waals surface area (Å²) in [5, 5.41) is 11.4. The number of carbonyl (C=O) groups is 1. The molecule has 2 rings (SSSR count). The third kappa shape index (κ3) is 3.04. The third-order valence-corrected chi connectivity index (χ3v) is 3.74. The molecule has 0 fully saturated rings. The van der Waals surface area contributed by atoms with Gasteiger partial charge in [0.2, 0.25) is 0 Å². The van der Waals surface area contributed by atoms with Gasteiger partial charge in [-0.3, -0.25) is 4.79 Å². The van der Waals surface area contributed by atoms with E-state index in [0.717, 1.165) is 23.5 Å². The van der Waals surface area contributed by atoms with Gasteiger partial charge in [0.1, 0.15) is 16.2 Å². The molecular weight excluding hydrogens is 310 g/mol. The molecule has 0 bridgehead atoms. The van der Waals surface area contributed by atoms with Crippen LogP contribution in [0.25, 0.3) is 0 Å². The first-order valence-corrected chi connectivity index (χ1v) is 6.54. The zero-order valence-electron chi connectivity index (χ0n) is 9.21. The predicted molar refractivity (Wildman–Crippen MR) is 73.4 cm³/mol. The van der Waals surface area contributed by atoms with E-state index in [0.29, 0.717) is 4.34 Å². The molecule has 2 aromatic rings. The molecule has 0 aliphatic rings. The first-order chi connectivity index (χ1) is 9.01. The Balaban J connectivity index is 2.29. The van der Waals surface area contributed by atoms with Gasteiger partial charge in [0.15, 0.2) is 0 Å². The van der Waals surface area contributed by atoms with Crippen molar-refractivity contribution >= 4 is 46.1 Å². The molecule has 19 heavy (non-hydrogen) atoms. The number of halogens is 3. The molecule has 0 spiro atoms. The summed E-state index contributed by atoms with van der Waals surface area (Å²) in [6.45, 7) is 0. The molecule has 0 aliphatic carbocycles. The van der Waals surface area contributed by atoms with Crippen LogP contribution in [-0.4, -0.2) is 5.91 Å². The zero-order valence-corrected chi connectivity index (χ0v) is 11.5. The Morgan fingerprint density at radius 3 is 2.68 bits per heavy atom. The average molecular weight is 315 g/mol. The minimum absolute atomic E-state index is 0.0331. The summed E-state index contributed by atoms with van der Waals surface area (Å²) >= 11 is 12.7. The van der Waals surface area contributed by atoms with Gasteiger partial charge in [-0.2, -0.15) is 5.26 Å². The van der Waals surface area contributed by atoms with Crippen LogP contribution in [-0.2, 0) is 0 Å². The second kappa shape index (κ2) is 5.57. The SMILES string of the molecule is N#Cc1cc(F)ccc1NC(=O)c1cc(Cl)sc1Cl. The Kier molecular flexibility index (Phi) is 4.05. The Bertz CT molecular complexity index is 694. The number of hydrogen-bond acceptors (Lipinski definition) is 3. The van der Waals surface area contributed by atoms with E-state index in [9.17, 15) is 9.18 Å². The predicted octanol–water partition coefficient (Wildman–Crippen LogP) is 4.32. The normalized spacial score (nSPS) is 10.0. The fourth-order valence-corrected chi connectivity index (χ4v) is 2.86. The van der Waals surface area contributed by atoms with Crippen molar-refractivity contribution in [3.8, 4) is 6.07 Å². The highest BCUT2D eigenvalue weighted by molar-refractivity contribution is 7.20. The molecule has 1 aromatic heterocycles. The van der Waals surface area contributed by atoms with Crippen molar-refractivity contribution in [1.29, 1.82) is 5.26 Å². The van der Waals surface area contributed by atoms with E-state index in [1.165, 1.54) is 12.1 Å². The van der Waals surface area contributed by atoms with Crippen molar-refractivity contribution in [3.05, 3.63) is 49.9 Å². The van der Waals surface area contributed by atoms with Crippen molar-refractivity contribution in [2.45, 2.75) is 0 Å². The zero-order chi connectivity index (χ0) is 14.0. The highest BCUT2D eigenvalue weighted by Crippen LogP contribution is 2.31. The topological polar surface area (TPSA) is 52.9 Å². The van der Waals surface area contributed by atoms with E-state index >= 15 is 0 Å². The molecule has 0 saturated heterocycles. The first-order valence-electron chi connectivity index (χ1n) is 4.97. The maximum Gasteiger partial charge on any atom is 0.258 e. The van der Waals surface area contributed by atoms with E-state index < -0.39 is 11.7 Å². The van der Waals surface area contributed by atoms with Gasteiger partial charge in [0, 0.05) is 0 Å². The lowest BCUT2D eigenvalue weighted by Crippen LogP contribution is -2.12. The summed E-state index contributed by atoms with van der Waals surface area (Å²) in [4.78, 5) is 12.0. The Morgan fingerprint density at radius 1 is 1.37 bits per heavy atom. The van der Waals surface area contributed by atoms with Crippen LogP contribution in [0.1, 0.15) is 15.9 Å². The molecule has 0 aliphatic heterocycles. The smallest absolute Gasteiger partial charge is 0.258 e. The molecular formula is C12H5Cl2FN2OS. The summed E-state index contributed by atoms with van der Waals surface area (Å²) in [6.07, 6.45) is 0. The fourth-order valence-electron chi connectivity index (χ4n) is 1.40. The van der Waals surface area contributed by atoms with E-state index in [4.69, 9.17) is 28.5 Å². The standard InChI is InChI=1S/C12H5Cl2FN2OS/c13-10-4-8(11(14)19-10)12(18)17-9-2-1-7(15)3-6(9)5-16/h1-4H,(H,17,18). The van der Waals surface area contributed by atoms with Crippen LogP contribution in [0.15, 0.2) is 24.3 Å². The molecule has 3 nitrogen and oxygen atoms in total. The van der Waals surface area contributed by atoms with Crippen molar-refractivity contribution in [3.63, 3.8) is 0 Å². The van der Waals surface area contributed by atoms with Gasteiger partial charge in [-0.05, 0) is 24.3 Å². The average Bonchev–Trinajstić information content (AvgIpc) is 2.70. The summed E-state index contributed by atoms with van der Waals surface area (Å²) in [5.41, 5.74) is 0.461. The fraction of sp³-hybridized carbons (Fsp3) is 0. The number of carbonyl (C=O) groups excluding carboxylic acids is 1. The highest BCUT2D eigenvalue weighted by Gasteiger charge is 2.15. The number of rotatable bonds is 2. The molecule has 0 unspecified atom stereocenters. The second-order valence-corrected chi connectivity index (χ2v) is 5.78. The molecule has 96 valence electrons. The van der Waals surface area contributed by atoms with E-state index in [1.54, 1.807) is 6.07 Å². The maximum absolute atomic E-state index is 13.0. The number of anilines is 1. The number of nitrogens with zero attached hydrogens (tertiary/aromatic N) is 1. The van der Waals surface area contributed by atoms with Gasteiger partial charge in [-0.1, -0.05) is 23.2 Å². The summed E-state index contributed by atoms with van der Waals surface area (Å²) < 4.78 is 13.6. The van der Waals surface area contributed by atoms with Gasteiger partial charge < -0.3 is 5.32 Å². The molecule has 0 atom stereocenters. The number of nitriles is 1. The lowest BCUT2D eigenvalue weighted by molar-refractivity contribution is 0.102. The van der Waals surface area contributed by atoms with Gasteiger partial charge >= 0.3 is 0 Å². The van der Waals surface area contributed by atoms with Crippen molar-refractivity contribution < 1.29 is 9.18 Å². The third-order valence-electron chi connectivity index (χ3n) is 2.25. The largest absolute Gasteiger partial charge is 0.321 e. The van der Waals surface area contributed by atoms with Crippen molar-refractivity contribution in [1.82, 2.24) is 0 Å². The second-order valence-electron chi connectivity index (χ2n) is 3.49. The van der Waals surface area contributed by atoms with Crippen LogP contribution in [0, 0.1) is 17.1 Å². The lowest BCUT2D eigenvalue weighted by atomic mass is 10.2. The van der Waals surface area contributed by atoms with Gasteiger partial charge in [-0.25, -0.2) is 4.39 Å². The summed E-state index contributed by atoms with van der Waals surface area (Å²) in [7, 11) is 0. The number of thiophene rings is 1. The van der Waals surface area contributed by atoms with Gasteiger partial charge in [-0.15, -0.1) is 11.3 Å².